The molecule has 0 bridgehead atoms. The summed E-state index contributed by atoms with van der Waals surface area (Å²) in [5.41, 5.74) is 9.60. The van der Waals surface area contributed by atoms with E-state index in [-0.39, 0.29) is 0 Å². The van der Waals surface area contributed by atoms with Crippen LogP contribution in [0.15, 0.2) is 54.9 Å². The topological polar surface area (TPSA) is 69.6 Å². The van der Waals surface area contributed by atoms with Gasteiger partial charge in [0.25, 0.3) is 5.95 Å². The summed E-state index contributed by atoms with van der Waals surface area (Å²) in [6.45, 7) is 0. The molecule has 0 spiro atoms. The maximum Gasteiger partial charge on any atom is 0.252 e. The SMILES string of the molecule is Nc1c(C2=CC(c3ccccc3)CCC2)c(Cl)nn1-c1ncccn1. The summed E-state index contributed by atoms with van der Waals surface area (Å²) in [5, 5.41) is 4.74. The Balaban J connectivity index is 1.74. The van der Waals surface area contributed by atoms with Gasteiger partial charge in [0.1, 0.15) is 5.82 Å². The van der Waals surface area contributed by atoms with Crippen LogP contribution in [0.5, 0.6) is 0 Å². The van der Waals surface area contributed by atoms with Gasteiger partial charge in [-0.2, -0.15) is 9.78 Å². The zero-order valence-electron chi connectivity index (χ0n) is 13.6. The molecular weight excluding hydrogens is 334 g/mol. The van der Waals surface area contributed by atoms with Crippen molar-refractivity contribution < 1.29 is 0 Å². The molecule has 2 N–H and O–H groups in total. The quantitative estimate of drug-likeness (QED) is 0.765. The summed E-state index contributed by atoms with van der Waals surface area (Å²) in [6.07, 6.45) is 8.74. The average Bonchev–Trinajstić information content (AvgIpc) is 2.97. The Morgan fingerprint density at radius 1 is 1.08 bits per heavy atom. The van der Waals surface area contributed by atoms with Crippen molar-refractivity contribution in [3.8, 4) is 5.95 Å². The van der Waals surface area contributed by atoms with Gasteiger partial charge >= 0.3 is 0 Å². The zero-order valence-corrected chi connectivity index (χ0v) is 14.4. The summed E-state index contributed by atoms with van der Waals surface area (Å²) in [6, 6.07) is 12.3. The highest BCUT2D eigenvalue weighted by Gasteiger charge is 2.23. The molecular formula is C19H18ClN5. The van der Waals surface area contributed by atoms with Gasteiger partial charge in [0.15, 0.2) is 5.15 Å². The van der Waals surface area contributed by atoms with Crippen LogP contribution in [0.3, 0.4) is 0 Å². The zero-order chi connectivity index (χ0) is 17.2. The number of halogens is 1. The van der Waals surface area contributed by atoms with Crippen LogP contribution in [0.1, 0.15) is 36.3 Å². The molecule has 4 rings (SSSR count). The molecule has 1 aromatic carbocycles. The van der Waals surface area contributed by atoms with Crippen molar-refractivity contribution in [1.82, 2.24) is 19.7 Å². The van der Waals surface area contributed by atoms with Gasteiger partial charge in [-0.25, -0.2) is 9.97 Å². The Bertz CT molecular complexity index is 902. The molecule has 3 aromatic rings. The molecule has 2 aromatic heterocycles. The van der Waals surface area contributed by atoms with Gasteiger partial charge in [0.2, 0.25) is 0 Å². The number of rotatable bonds is 3. The van der Waals surface area contributed by atoms with E-state index >= 15 is 0 Å². The maximum absolute atomic E-state index is 6.42. The van der Waals surface area contributed by atoms with Crippen LogP contribution >= 0.6 is 11.6 Å². The highest BCUT2D eigenvalue weighted by atomic mass is 35.5. The summed E-state index contributed by atoms with van der Waals surface area (Å²) in [4.78, 5) is 8.41. The van der Waals surface area contributed by atoms with Gasteiger partial charge in [0.05, 0.1) is 5.56 Å². The van der Waals surface area contributed by atoms with Crippen LogP contribution in [0.2, 0.25) is 5.15 Å². The number of nitrogens with zero attached hydrogens (tertiary/aromatic N) is 4. The minimum Gasteiger partial charge on any atom is -0.383 e. The molecule has 25 heavy (non-hydrogen) atoms. The largest absolute Gasteiger partial charge is 0.383 e. The molecule has 1 aliphatic carbocycles. The first-order valence-corrected chi connectivity index (χ1v) is 8.69. The second kappa shape index (κ2) is 6.69. The summed E-state index contributed by atoms with van der Waals surface area (Å²) in [5.74, 6) is 1.28. The normalized spacial score (nSPS) is 17.3. The number of aromatic nitrogens is 4. The van der Waals surface area contributed by atoms with Gasteiger partial charge in [-0.1, -0.05) is 48.0 Å². The highest BCUT2D eigenvalue weighted by Crippen LogP contribution is 2.40. The molecule has 0 saturated carbocycles. The monoisotopic (exact) mass is 351 g/mol. The van der Waals surface area contributed by atoms with Crippen LogP contribution in [-0.4, -0.2) is 19.7 Å². The third-order valence-corrected chi connectivity index (χ3v) is 4.80. The van der Waals surface area contributed by atoms with E-state index in [0.717, 1.165) is 30.4 Å². The van der Waals surface area contributed by atoms with Crippen molar-refractivity contribution in [1.29, 1.82) is 0 Å². The van der Waals surface area contributed by atoms with Gasteiger partial charge in [0, 0.05) is 18.3 Å². The molecule has 0 aliphatic heterocycles. The van der Waals surface area contributed by atoms with E-state index in [4.69, 9.17) is 17.3 Å². The predicted octanol–water partition coefficient (Wildman–Crippen LogP) is 4.25. The molecule has 0 saturated heterocycles. The molecule has 2 heterocycles. The van der Waals surface area contributed by atoms with Crippen molar-refractivity contribution in [2.45, 2.75) is 25.2 Å². The fourth-order valence-electron chi connectivity index (χ4n) is 3.35. The van der Waals surface area contributed by atoms with Gasteiger partial charge in [-0.3, -0.25) is 0 Å². The summed E-state index contributed by atoms with van der Waals surface area (Å²) < 4.78 is 1.50. The van der Waals surface area contributed by atoms with Gasteiger partial charge in [-0.05, 0) is 36.5 Å². The van der Waals surface area contributed by atoms with E-state index in [0.29, 0.717) is 22.8 Å². The van der Waals surface area contributed by atoms with Crippen molar-refractivity contribution in [2.24, 2.45) is 0 Å². The molecule has 0 radical (unpaired) electrons. The van der Waals surface area contributed by atoms with Crippen molar-refractivity contribution >= 4 is 23.0 Å². The number of benzene rings is 1. The third kappa shape index (κ3) is 3.03. The number of nitrogens with two attached hydrogens (primary N) is 1. The van der Waals surface area contributed by atoms with E-state index < -0.39 is 0 Å². The lowest BCUT2D eigenvalue weighted by molar-refractivity contribution is 0.664. The van der Waals surface area contributed by atoms with Crippen LogP contribution in [-0.2, 0) is 0 Å². The molecule has 6 heteroatoms. The average molecular weight is 352 g/mol. The molecule has 1 unspecified atom stereocenters. The Hall–Kier alpha value is -2.66. The number of hydrogen-bond donors (Lipinski definition) is 1. The number of nitrogen functional groups attached to an aromatic ring is 1. The second-order valence-corrected chi connectivity index (χ2v) is 6.47. The van der Waals surface area contributed by atoms with E-state index in [1.54, 1.807) is 18.5 Å². The summed E-state index contributed by atoms with van der Waals surface area (Å²) in [7, 11) is 0. The van der Waals surface area contributed by atoms with E-state index in [2.05, 4.69) is 45.4 Å². The van der Waals surface area contributed by atoms with E-state index in [1.165, 1.54) is 10.2 Å². The Kier molecular flexibility index (Phi) is 4.24. The lowest BCUT2D eigenvalue weighted by atomic mass is 9.84. The summed E-state index contributed by atoms with van der Waals surface area (Å²) >= 11 is 6.42. The Morgan fingerprint density at radius 2 is 1.84 bits per heavy atom. The van der Waals surface area contributed by atoms with Crippen molar-refractivity contribution in [2.75, 3.05) is 5.73 Å². The number of anilines is 1. The van der Waals surface area contributed by atoms with Gasteiger partial charge < -0.3 is 5.73 Å². The predicted molar refractivity (Wildman–Crippen MR) is 99.6 cm³/mol. The fraction of sp³-hybridized carbons (Fsp3) is 0.211. The van der Waals surface area contributed by atoms with Crippen LogP contribution < -0.4 is 5.73 Å². The standard InChI is InChI=1S/C19H18ClN5/c20-17-16(18(21)25(24-17)19-22-10-5-11-23-19)15-9-4-8-14(12-15)13-6-2-1-3-7-13/h1-3,5-7,10-12,14H,4,8-9,21H2. The third-order valence-electron chi connectivity index (χ3n) is 4.53. The molecule has 5 nitrogen and oxygen atoms in total. The first-order valence-electron chi connectivity index (χ1n) is 8.31. The van der Waals surface area contributed by atoms with Crippen molar-refractivity contribution in [3.63, 3.8) is 0 Å². The molecule has 1 aliphatic rings. The first kappa shape index (κ1) is 15.8. The molecule has 126 valence electrons. The minimum atomic E-state index is 0.372. The molecule has 0 amide bonds. The second-order valence-electron chi connectivity index (χ2n) is 6.11. The highest BCUT2D eigenvalue weighted by molar-refractivity contribution is 6.31. The first-order chi connectivity index (χ1) is 12.2. The van der Waals surface area contributed by atoms with Crippen LogP contribution in [0.4, 0.5) is 5.82 Å². The lowest BCUT2D eigenvalue weighted by Crippen LogP contribution is -2.07. The molecule has 0 fully saturated rings. The van der Waals surface area contributed by atoms with Gasteiger partial charge in [-0.15, -0.1) is 0 Å². The van der Waals surface area contributed by atoms with Crippen LogP contribution in [0, 0.1) is 0 Å². The lowest BCUT2D eigenvalue weighted by Gasteiger charge is -2.21. The minimum absolute atomic E-state index is 0.372. The molecule has 1 atom stereocenters. The van der Waals surface area contributed by atoms with Crippen molar-refractivity contribution in [3.05, 3.63) is 71.1 Å². The smallest absolute Gasteiger partial charge is 0.252 e. The number of allylic oxidation sites excluding steroid dienone is 2. The maximum atomic E-state index is 6.42. The van der Waals surface area contributed by atoms with E-state index in [9.17, 15) is 0 Å². The Labute approximate surface area is 151 Å². The van der Waals surface area contributed by atoms with E-state index in [1.807, 2.05) is 6.07 Å². The van der Waals surface area contributed by atoms with Crippen LogP contribution in [0.25, 0.3) is 11.5 Å². The number of hydrogen-bond acceptors (Lipinski definition) is 4. The Morgan fingerprint density at radius 3 is 2.60 bits per heavy atom. The fourth-order valence-corrected chi connectivity index (χ4v) is 3.64.